The maximum absolute atomic E-state index is 13.7. The van der Waals surface area contributed by atoms with Crippen LogP contribution in [0.15, 0.2) is 98.5 Å². The normalized spacial score (nSPS) is 12.6. The van der Waals surface area contributed by atoms with Crippen LogP contribution < -0.4 is 17.0 Å². The average molecular weight is 516 g/mol. The van der Waals surface area contributed by atoms with E-state index in [-0.39, 0.29) is 28.9 Å². The van der Waals surface area contributed by atoms with Crippen molar-refractivity contribution in [1.82, 2.24) is 14.1 Å². The molecule has 0 saturated carbocycles. The van der Waals surface area contributed by atoms with E-state index in [1.165, 1.54) is 11.6 Å². The monoisotopic (exact) mass is 515 g/mol. The van der Waals surface area contributed by atoms with Gasteiger partial charge < -0.3 is 5.73 Å². The highest BCUT2D eigenvalue weighted by Gasteiger charge is 2.25. The molecule has 0 aliphatic carbocycles. The summed E-state index contributed by atoms with van der Waals surface area (Å²) < 4.78 is 16.1. The molecule has 4 aromatic rings. The number of benzene rings is 2. The number of hydrogen-bond acceptors (Lipinski definition) is 6. The first-order valence-corrected chi connectivity index (χ1v) is 13.0. The standard InChI is InChI=1S/C28H29N5O3S/c1-19(2)18-33-25(29)24(27(34)32(3)28(33)35)26(37(36)22-9-5-4-6-10-22)31-17-20-12-14-21(15-13-20)23-11-7-8-16-30-23/h4-16,19H,17-18,29H2,1-3H3. The summed E-state index contributed by atoms with van der Waals surface area (Å²) in [6, 6.07) is 22.2. The van der Waals surface area contributed by atoms with Gasteiger partial charge in [-0.2, -0.15) is 0 Å². The zero-order valence-corrected chi connectivity index (χ0v) is 21.8. The third-order valence-corrected chi connectivity index (χ3v) is 7.18. The zero-order valence-electron chi connectivity index (χ0n) is 21.0. The van der Waals surface area contributed by atoms with Crippen LogP contribution in [0.2, 0.25) is 0 Å². The summed E-state index contributed by atoms with van der Waals surface area (Å²) in [4.78, 5) is 35.6. The fourth-order valence-corrected chi connectivity index (χ4v) is 5.08. The molecule has 0 fully saturated rings. The Labute approximate surface area is 217 Å². The molecule has 0 bridgehead atoms. The molecule has 0 spiro atoms. The number of nitrogens with zero attached hydrogens (tertiary/aromatic N) is 4. The fraction of sp³-hybridized carbons (Fsp3) is 0.214. The van der Waals surface area contributed by atoms with Crippen LogP contribution in [0.1, 0.15) is 25.0 Å². The lowest BCUT2D eigenvalue weighted by Gasteiger charge is -2.17. The maximum atomic E-state index is 13.7. The van der Waals surface area contributed by atoms with Crippen LogP contribution in [-0.4, -0.2) is 23.4 Å². The Hall–Kier alpha value is -4.11. The van der Waals surface area contributed by atoms with Gasteiger partial charge >= 0.3 is 5.69 Å². The average Bonchev–Trinajstić information content (AvgIpc) is 2.92. The lowest BCUT2D eigenvalue weighted by molar-refractivity contribution is 0.493. The van der Waals surface area contributed by atoms with E-state index in [0.717, 1.165) is 21.4 Å². The molecule has 2 aromatic carbocycles. The number of aromatic nitrogens is 3. The summed E-state index contributed by atoms with van der Waals surface area (Å²) in [5.74, 6) is 0.0679. The number of hydrogen-bond donors (Lipinski definition) is 1. The molecule has 8 nitrogen and oxygen atoms in total. The van der Waals surface area contributed by atoms with Gasteiger partial charge in [-0.15, -0.1) is 0 Å². The summed E-state index contributed by atoms with van der Waals surface area (Å²) in [6.07, 6.45) is 1.74. The second-order valence-electron chi connectivity index (χ2n) is 9.03. The van der Waals surface area contributed by atoms with Crippen molar-refractivity contribution in [3.05, 3.63) is 111 Å². The Morgan fingerprint density at radius 3 is 2.30 bits per heavy atom. The third kappa shape index (κ3) is 5.67. The first-order chi connectivity index (χ1) is 17.8. The molecule has 0 amide bonds. The Morgan fingerprint density at radius 1 is 1.00 bits per heavy atom. The van der Waals surface area contributed by atoms with E-state index in [0.29, 0.717) is 11.4 Å². The molecule has 1 unspecified atom stereocenters. The van der Waals surface area contributed by atoms with Gasteiger partial charge in [-0.05, 0) is 35.7 Å². The van der Waals surface area contributed by atoms with E-state index in [1.807, 2.05) is 62.4 Å². The van der Waals surface area contributed by atoms with Crippen LogP contribution in [0.25, 0.3) is 11.3 Å². The van der Waals surface area contributed by atoms with Gasteiger partial charge in [0.15, 0.2) is 0 Å². The van der Waals surface area contributed by atoms with E-state index in [2.05, 4.69) is 9.98 Å². The highest BCUT2D eigenvalue weighted by Crippen LogP contribution is 2.20. The summed E-state index contributed by atoms with van der Waals surface area (Å²) in [7, 11) is -0.412. The molecule has 0 aliphatic heterocycles. The number of anilines is 1. The van der Waals surface area contributed by atoms with E-state index in [1.54, 1.807) is 30.5 Å². The number of aliphatic imine (C=N–C) groups is 1. The van der Waals surface area contributed by atoms with Crippen LogP contribution in [0, 0.1) is 5.92 Å². The topological polar surface area (TPSA) is 112 Å². The number of nitrogen functional groups attached to an aromatic ring is 1. The van der Waals surface area contributed by atoms with Crippen molar-refractivity contribution in [3.63, 3.8) is 0 Å². The maximum Gasteiger partial charge on any atom is 0.332 e. The minimum atomic E-state index is -1.81. The molecule has 2 N–H and O–H groups in total. The number of pyridine rings is 1. The van der Waals surface area contributed by atoms with Gasteiger partial charge in [0.25, 0.3) is 5.56 Å². The lowest BCUT2D eigenvalue weighted by Crippen LogP contribution is -2.43. The second kappa shape index (κ2) is 11.3. The largest absolute Gasteiger partial charge is 0.384 e. The highest BCUT2D eigenvalue weighted by atomic mass is 32.2. The molecular weight excluding hydrogens is 486 g/mol. The molecule has 1 atom stereocenters. The van der Waals surface area contributed by atoms with Gasteiger partial charge in [0.05, 0.1) is 12.2 Å². The van der Waals surface area contributed by atoms with E-state index in [4.69, 9.17) is 5.73 Å². The molecule has 0 radical (unpaired) electrons. The Kier molecular flexibility index (Phi) is 7.93. The smallest absolute Gasteiger partial charge is 0.332 e. The summed E-state index contributed by atoms with van der Waals surface area (Å²) in [5.41, 5.74) is 7.90. The van der Waals surface area contributed by atoms with E-state index < -0.39 is 22.0 Å². The predicted octanol–water partition coefficient (Wildman–Crippen LogP) is 3.60. The van der Waals surface area contributed by atoms with Gasteiger partial charge in [-0.1, -0.05) is 62.4 Å². The predicted molar refractivity (Wildman–Crippen MR) is 148 cm³/mol. The molecule has 0 saturated heterocycles. The molecule has 4 rings (SSSR count). The summed E-state index contributed by atoms with van der Waals surface area (Å²) in [6.45, 7) is 4.37. The van der Waals surface area contributed by atoms with Gasteiger partial charge in [-0.25, -0.2) is 9.00 Å². The van der Waals surface area contributed by atoms with Crippen molar-refractivity contribution < 1.29 is 4.21 Å². The first-order valence-electron chi connectivity index (χ1n) is 11.9. The summed E-state index contributed by atoms with van der Waals surface area (Å²) in [5, 5.41) is 0.0376. The van der Waals surface area contributed by atoms with Gasteiger partial charge in [0.2, 0.25) is 0 Å². The molecule has 9 heteroatoms. The van der Waals surface area contributed by atoms with Gasteiger partial charge in [0, 0.05) is 30.2 Å². The highest BCUT2D eigenvalue weighted by molar-refractivity contribution is 8.01. The lowest BCUT2D eigenvalue weighted by atomic mass is 10.1. The van der Waals surface area contributed by atoms with Crippen LogP contribution in [-0.2, 0) is 30.9 Å². The van der Waals surface area contributed by atoms with E-state index in [9.17, 15) is 13.8 Å². The molecule has 37 heavy (non-hydrogen) atoms. The minimum Gasteiger partial charge on any atom is -0.384 e. The third-order valence-electron chi connectivity index (χ3n) is 5.80. The Morgan fingerprint density at radius 2 is 1.68 bits per heavy atom. The van der Waals surface area contributed by atoms with Crippen LogP contribution >= 0.6 is 0 Å². The SMILES string of the molecule is CC(C)Cn1c(N)c(C(=NCc2ccc(-c3ccccn3)cc2)S(=O)c2ccccc2)c(=O)n(C)c1=O. The number of nitrogens with two attached hydrogens (primary N) is 1. The quantitative estimate of drug-likeness (QED) is 0.299. The Balaban J connectivity index is 1.81. The van der Waals surface area contributed by atoms with Crippen molar-refractivity contribution >= 4 is 21.7 Å². The fourth-order valence-electron chi connectivity index (χ4n) is 3.89. The first kappa shape index (κ1) is 26.0. The minimum absolute atomic E-state index is 0.0185. The van der Waals surface area contributed by atoms with Crippen molar-refractivity contribution in [3.8, 4) is 11.3 Å². The molecule has 2 aromatic heterocycles. The Bertz CT molecular complexity index is 1560. The van der Waals surface area contributed by atoms with Gasteiger partial charge in [0.1, 0.15) is 27.2 Å². The van der Waals surface area contributed by atoms with Crippen molar-refractivity contribution in [2.75, 3.05) is 5.73 Å². The molecule has 0 aliphatic rings. The zero-order chi connectivity index (χ0) is 26.5. The molecular formula is C28H29N5O3S. The van der Waals surface area contributed by atoms with Crippen molar-refractivity contribution in [2.45, 2.75) is 31.8 Å². The van der Waals surface area contributed by atoms with Crippen LogP contribution in [0.4, 0.5) is 5.82 Å². The van der Waals surface area contributed by atoms with Crippen LogP contribution in [0.5, 0.6) is 0 Å². The second-order valence-corrected chi connectivity index (χ2v) is 10.4. The van der Waals surface area contributed by atoms with Crippen LogP contribution in [0.3, 0.4) is 0 Å². The van der Waals surface area contributed by atoms with Gasteiger partial charge in [-0.3, -0.25) is 23.9 Å². The van der Waals surface area contributed by atoms with Crippen molar-refractivity contribution in [1.29, 1.82) is 0 Å². The summed E-state index contributed by atoms with van der Waals surface area (Å²) >= 11 is 0. The molecule has 2 heterocycles. The molecule has 190 valence electrons. The van der Waals surface area contributed by atoms with E-state index >= 15 is 0 Å². The number of rotatable bonds is 7. The van der Waals surface area contributed by atoms with Crippen molar-refractivity contribution in [2.24, 2.45) is 18.0 Å².